The molecule has 0 radical (unpaired) electrons. The molecule has 1 saturated heterocycles. The minimum absolute atomic E-state index is 0.123. The summed E-state index contributed by atoms with van der Waals surface area (Å²) in [6.07, 6.45) is 5.22. The van der Waals surface area contributed by atoms with Crippen LogP contribution in [-0.2, 0) is 9.59 Å². The van der Waals surface area contributed by atoms with Crippen LogP contribution in [0.4, 0.5) is 0 Å². The van der Waals surface area contributed by atoms with E-state index >= 15 is 0 Å². The maximum atomic E-state index is 12.3. The van der Waals surface area contributed by atoms with Crippen LogP contribution in [0.5, 0.6) is 0 Å². The molecule has 0 aromatic heterocycles. The van der Waals surface area contributed by atoms with Crippen LogP contribution >= 0.6 is 0 Å². The number of likely N-dealkylation sites (tertiary alicyclic amines) is 1. The molecule has 0 aliphatic carbocycles. The first-order chi connectivity index (χ1) is 10.8. The van der Waals surface area contributed by atoms with Crippen LogP contribution in [0.3, 0.4) is 0 Å². The van der Waals surface area contributed by atoms with E-state index in [-0.39, 0.29) is 12.3 Å². The SMILES string of the molecule is CC(C)c1ccc(/C=C/CC(=O)N2CCCC2(C)C(=O)O)cc1. The summed E-state index contributed by atoms with van der Waals surface area (Å²) in [4.78, 5) is 25.2. The van der Waals surface area contributed by atoms with Gasteiger partial charge in [-0.15, -0.1) is 0 Å². The van der Waals surface area contributed by atoms with Gasteiger partial charge < -0.3 is 10.0 Å². The maximum absolute atomic E-state index is 12.3. The van der Waals surface area contributed by atoms with Gasteiger partial charge >= 0.3 is 5.97 Å². The van der Waals surface area contributed by atoms with Crippen molar-refractivity contribution in [3.8, 4) is 0 Å². The summed E-state index contributed by atoms with van der Waals surface area (Å²) in [6, 6.07) is 8.25. The predicted octanol–water partition coefficient (Wildman–Crippen LogP) is 3.68. The molecule has 124 valence electrons. The van der Waals surface area contributed by atoms with Crippen LogP contribution in [0.15, 0.2) is 30.3 Å². The minimum atomic E-state index is -1.05. The third kappa shape index (κ3) is 3.81. The molecule has 0 bridgehead atoms. The standard InChI is InChI=1S/C19H25NO3/c1-14(2)16-10-8-15(9-11-16)6-4-7-17(21)20-13-5-12-19(20,3)18(22)23/h4,6,8-11,14H,5,7,12-13H2,1-3H3,(H,22,23)/b6-4+. The van der Waals surface area contributed by atoms with E-state index in [0.717, 1.165) is 12.0 Å². The zero-order valence-electron chi connectivity index (χ0n) is 14.1. The van der Waals surface area contributed by atoms with Crippen LogP contribution in [0.1, 0.15) is 57.1 Å². The molecule has 1 N–H and O–H groups in total. The number of carboxylic acid groups (broad SMARTS) is 1. The van der Waals surface area contributed by atoms with Crippen molar-refractivity contribution in [2.45, 2.75) is 51.5 Å². The van der Waals surface area contributed by atoms with Crippen molar-refractivity contribution in [1.82, 2.24) is 4.90 Å². The first kappa shape index (κ1) is 17.3. The number of nitrogens with zero attached hydrogens (tertiary/aromatic N) is 1. The fourth-order valence-electron chi connectivity index (χ4n) is 2.98. The van der Waals surface area contributed by atoms with Gasteiger partial charge in [0.05, 0.1) is 0 Å². The van der Waals surface area contributed by atoms with E-state index < -0.39 is 11.5 Å². The van der Waals surface area contributed by atoms with E-state index in [1.165, 1.54) is 10.5 Å². The lowest BCUT2D eigenvalue weighted by molar-refractivity contribution is -0.155. The molecular weight excluding hydrogens is 290 g/mol. The van der Waals surface area contributed by atoms with Crippen molar-refractivity contribution in [2.75, 3.05) is 6.54 Å². The molecular formula is C19H25NO3. The molecule has 23 heavy (non-hydrogen) atoms. The van der Waals surface area contributed by atoms with Crippen molar-refractivity contribution in [1.29, 1.82) is 0 Å². The van der Waals surface area contributed by atoms with Gasteiger partial charge in [0.1, 0.15) is 5.54 Å². The molecule has 1 aliphatic heterocycles. The first-order valence-corrected chi connectivity index (χ1v) is 8.15. The van der Waals surface area contributed by atoms with Crippen molar-refractivity contribution in [3.63, 3.8) is 0 Å². The normalized spacial score (nSPS) is 21.3. The Morgan fingerprint density at radius 1 is 1.30 bits per heavy atom. The zero-order chi connectivity index (χ0) is 17.0. The highest BCUT2D eigenvalue weighted by atomic mass is 16.4. The second kappa shape index (κ2) is 6.99. The number of hydrogen-bond donors (Lipinski definition) is 1. The van der Waals surface area contributed by atoms with Gasteiger partial charge in [-0.1, -0.05) is 50.3 Å². The summed E-state index contributed by atoms with van der Waals surface area (Å²) in [5, 5.41) is 9.35. The molecule has 2 rings (SSSR count). The van der Waals surface area contributed by atoms with E-state index in [4.69, 9.17) is 0 Å². The van der Waals surface area contributed by atoms with Crippen LogP contribution in [0, 0.1) is 0 Å². The second-order valence-electron chi connectivity index (χ2n) is 6.66. The number of carbonyl (C=O) groups is 2. The van der Waals surface area contributed by atoms with E-state index in [1.54, 1.807) is 6.92 Å². The fourth-order valence-corrected chi connectivity index (χ4v) is 2.98. The summed E-state index contributed by atoms with van der Waals surface area (Å²) < 4.78 is 0. The molecule has 1 aromatic rings. The summed E-state index contributed by atoms with van der Waals surface area (Å²) in [5.41, 5.74) is 1.28. The van der Waals surface area contributed by atoms with E-state index in [0.29, 0.717) is 18.9 Å². The van der Waals surface area contributed by atoms with Gasteiger partial charge in [0.15, 0.2) is 0 Å². The summed E-state index contributed by atoms with van der Waals surface area (Å²) >= 11 is 0. The Bertz CT molecular complexity index is 604. The van der Waals surface area contributed by atoms with Crippen LogP contribution in [0.2, 0.25) is 0 Å². The number of hydrogen-bond acceptors (Lipinski definition) is 2. The number of carbonyl (C=O) groups excluding carboxylic acids is 1. The molecule has 4 heteroatoms. The molecule has 1 unspecified atom stereocenters. The Labute approximate surface area is 137 Å². The molecule has 1 atom stereocenters. The molecule has 4 nitrogen and oxygen atoms in total. The molecule has 0 saturated carbocycles. The quantitative estimate of drug-likeness (QED) is 0.901. The van der Waals surface area contributed by atoms with Crippen LogP contribution < -0.4 is 0 Å². The zero-order valence-corrected chi connectivity index (χ0v) is 14.1. The Balaban J connectivity index is 1.97. The Morgan fingerprint density at radius 3 is 2.52 bits per heavy atom. The van der Waals surface area contributed by atoms with Gasteiger partial charge in [-0.05, 0) is 36.8 Å². The summed E-state index contributed by atoms with van der Waals surface area (Å²) in [5.74, 6) is -0.544. The van der Waals surface area contributed by atoms with Gasteiger partial charge in [-0.25, -0.2) is 4.79 Å². The lowest BCUT2D eigenvalue weighted by Crippen LogP contribution is -2.50. The molecule has 0 spiro atoms. The Kier molecular flexibility index (Phi) is 5.24. The van der Waals surface area contributed by atoms with Crippen LogP contribution in [0.25, 0.3) is 6.08 Å². The Hall–Kier alpha value is -2.10. The number of aliphatic carboxylic acids is 1. The number of benzene rings is 1. The predicted molar refractivity (Wildman–Crippen MR) is 91.2 cm³/mol. The largest absolute Gasteiger partial charge is 0.480 e. The fraction of sp³-hybridized carbons (Fsp3) is 0.474. The second-order valence-corrected chi connectivity index (χ2v) is 6.66. The monoisotopic (exact) mass is 315 g/mol. The highest BCUT2D eigenvalue weighted by molar-refractivity contribution is 5.88. The van der Waals surface area contributed by atoms with Gasteiger partial charge in [-0.2, -0.15) is 0 Å². The van der Waals surface area contributed by atoms with Crippen molar-refractivity contribution >= 4 is 18.0 Å². The van der Waals surface area contributed by atoms with Crippen molar-refractivity contribution in [2.24, 2.45) is 0 Å². The maximum Gasteiger partial charge on any atom is 0.329 e. The third-order valence-electron chi connectivity index (χ3n) is 4.61. The lowest BCUT2D eigenvalue weighted by atomic mass is 9.99. The molecule has 1 aromatic carbocycles. The minimum Gasteiger partial charge on any atom is -0.480 e. The number of rotatable bonds is 5. The smallest absolute Gasteiger partial charge is 0.329 e. The number of amides is 1. The Morgan fingerprint density at radius 2 is 1.96 bits per heavy atom. The van der Waals surface area contributed by atoms with Gasteiger partial charge in [0, 0.05) is 13.0 Å². The highest BCUT2D eigenvalue weighted by Gasteiger charge is 2.45. The first-order valence-electron chi connectivity index (χ1n) is 8.15. The van der Waals surface area contributed by atoms with Gasteiger partial charge in [0.2, 0.25) is 5.91 Å². The van der Waals surface area contributed by atoms with Gasteiger partial charge in [-0.3, -0.25) is 4.79 Å². The number of carboxylic acids is 1. The lowest BCUT2D eigenvalue weighted by Gasteiger charge is -2.30. The van der Waals surface area contributed by atoms with E-state index in [1.807, 2.05) is 24.3 Å². The molecule has 1 heterocycles. The van der Waals surface area contributed by atoms with Crippen molar-refractivity contribution in [3.05, 3.63) is 41.5 Å². The molecule has 1 amide bonds. The third-order valence-corrected chi connectivity index (χ3v) is 4.61. The summed E-state index contributed by atoms with van der Waals surface area (Å²) in [7, 11) is 0. The average molecular weight is 315 g/mol. The van der Waals surface area contributed by atoms with E-state index in [2.05, 4.69) is 26.0 Å². The average Bonchev–Trinajstić information content (AvgIpc) is 2.91. The van der Waals surface area contributed by atoms with Gasteiger partial charge in [0.25, 0.3) is 0 Å². The highest BCUT2D eigenvalue weighted by Crippen LogP contribution is 2.29. The molecule has 1 aliphatic rings. The molecule has 1 fully saturated rings. The van der Waals surface area contributed by atoms with Crippen LogP contribution in [-0.4, -0.2) is 34.0 Å². The van der Waals surface area contributed by atoms with E-state index in [9.17, 15) is 14.7 Å². The topological polar surface area (TPSA) is 57.6 Å². The van der Waals surface area contributed by atoms with Crippen molar-refractivity contribution < 1.29 is 14.7 Å². The summed E-state index contributed by atoms with van der Waals surface area (Å²) in [6.45, 7) is 6.46.